The minimum Gasteiger partial charge on any atom is -0.383 e. The van der Waals surface area contributed by atoms with Gasteiger partial charge in [-0.3, -0.25) is 0 Å². The van der Waals surface area contributed by atoms with Gasteiger partial charge in [-0.25, -0.2) is 4.39 Å². The molecule has 0 aliphatic carbocycles. The van der Waals surface area contributed by atoms with Crippen LogP contribution >= 0.6 is 11.8 Å². The standard InChI is InChI=1S/C14H23FN2OS/c1-17(8-10-19-3)14-6-4-5-13(15)12(14)11-16-7-9-18-2/h4-6,16H,7-11H2,1-3H3. The monoisotopic (exact) mass is 286 g/mol. The summed E-state index contributed by atoms with van der Waals surface area (Å²) in [6, 6.07) is 5.24. The van der Waals surface area contributed by atoms with Crippen LogP contribution in [0.15, 0.2) is 18.2 Å². The summed E-state index contributed by atoms with van der Waals surface area (Å²) in [5.41, 5.74) is 1.68. The van der Waals surface area contributed by atoms with E-state index in [9.17, 15) is 4.39 Å². The first-order valence-electron chi connectivity index (χ1n) is 6.37. The molecule has 0 saturated heterocycles. The lowest BCUT2D eigenvalue weighted by Crippen LogP contribution is -2.25. The van der Waals surface area contributed by atoms with E-state index in [1.807, 2.05) is 13.1 Å². The molecule has 0 atom stereocenters. The quantitative estimate of drug-likeness (QED) is 0.704. The third kappa shape index (κ3) is 5.38. The molecule has 0 aliphatic heterocycles. The molecule has 0 saturated carbocycles. The number of methoxy groups -OCH3 is 1. The van der Waals surface area contributed by atoms with Crippen LogP contribution in [0.1, 0.15) is 5.56 Å². The first-order valence-corrected chi connectivity index (χ1v) is 7.77. The second-order valence-electron chi connectivity index (χ2n) is 4.32. The Hall–Kier alpha value is -0.780. The molecule has 108 valence electrons. The van der Waals surface area contributed by atoms with Crippen LogP contribution in [0.4, 0.5) is 10.1 Å². The Labute approximate surface area is 119 Å². The van der Waals surface area contributed by atoms with E-state index in [0.717, 1.165) is 30.1 Å². The zero-order chi connectivity index (χ0) is 14.1. The van der Waals surface area contributed by atoms with Gasteiger partial charge in [0.25, 0.3) is 0 Å². The van der Waals surface area contributed by atoms with Gasteiger partial charge in [0.15, 0.2) is 0 Å². The molecule has 0 bridgehead atoms. The Morgan fingerprint density at radius 3 is 2.89 bits per heavy atom. The zero-order valence-corrected chi connectivity index (χ0v) is 12.7. The summed E-state index contributed by atoms with van der Waals surface area (Å²) in [5, 5.41) is 3.20. The number of rotatable bonds is 9. The number of hydrogen-bond donors (Lipinski definition) is 1. The van der Waals surface area contributed by atoms with Gasteiger partial charge in [-0.05, 0) is 18.4 Å². The molecule has 1 aromatic rings. The van der Waals surface area contributed by atoms with Crippen molar-refractivity contribution in [2.75, 3.05) is 50.8 Å². The van der Waals surface area contributed by atoms with E-state index in [2.05, 4.69) is 16.5 Å². The maximum Gasteiger partial charge on any atom is 0.129 e. The first kappa shape index (κ1) is 16.3. The number of benzene rings is 1. The molecule has 0 amide bonds. The molecule has 0 aliphatic rings. The Morgan fingerprint density at radius 1 is 1.42 bits per heavy atom. The largest absolute Gasteiger partial charge is 0.383 e. The predicted octanol–water partition coefficient (Wildman–Crippen LogP) is 2.36. The van der Waals surface area contributed by atoms with Crippen LogP contribution in [-0.2, 0) is 11.3 Å². The van der Waals surface area contributed by atoms with Gasteiger partial charge in [0.1, 0.15) is 5.82 Å². The summed E-state index contributed by atoms with van der Waals surface area (Å²) in [7, 11) is 3.66. The molecular weight excluding hydrogens is 263 g/mol. The van der Waals surface area contributed by atoms with Crippen molar-refractivity contribution in [3.8, 4) is 0 Å². The van der Waals surface area contributed by atoms with Crippen LogP contribution in [0.3, 0.4) is 0 Å². The second kappa shape index (κ2) is 9.18. The van der Waals surface area contributed by atoms with Gasteiger partial charge >= 0.3 is 0 Å². The summed E-state index contributed by atoms with van der Waals surface area (Å²) >= 11 is 1.79. The summed E-state index contributed by atoms with van der Waals surface area (Å²) in [5.74, 6) is 0.877. The van der Waals surface area contributed by atoms with Crippen LogP contribution in [0.2, 0.25) is 0 Å². The van der Waals surface area contributed by atoms with Crippen molar-refractivity contribution in [2.45, 2.75) is 6.54 Å². The van der Waals surface area contributed by atoms with E-state index in [1.54, 1.807) is 24.9 Å². The molecule has 0 aromatic heterocycles. The number of anilines is 1. The van der Waals surface area contributed by atoms with Crippen molar-refractivity contribution >= 4 is 17.4 Å². The van der Waals surface area contributed by atoms with Crippen LogP contribution in [0.5, 0.6) is 0 Å². The maximum atomic E-state index is 13.9. The summed E-state index contributed by atoms with van der Waals surface area (Å²) in [6.45, 7) is 2.79. The highest BCUT2D eigenvalue weighted by Gasteiger charge is 2.11. The van der Waals surface area contributed by atoms with Gasteiger partial charge in [-0.15, -0.1) is 0 Å². The highest BCUT2D eigenvalue weighted by molar-refractivity contribution is 7.98. The average Bonchev–Trinajstić information content (AvgIpc) is 2.42. The van der Waals surface area contributed by atoms with Crippen LogP contribution in [-0.4, -0.2) is 45.9 Å². The fourth-order valence-corrected chi connectivity index (χ4v) is 2.27. The first-order chi connectivity index (χ1) is 9.20. The van der Waals surface area contributed by atoms with E-state index >= 15 is 0 Å². The number of nitrogens with zero attached hydrogens (tertiary/aromatic N) is 1. The molecule has 1 rings (SSSR count). The molecule has 1 aromatic carbocycles. The Balaban J connectivity index is 2.71. The van der Waals surface area contributed by atoms with Gasteiger partial charge in [0.2, 0.25) is 0 Å². The van der Waals surface area contributed by atoms with Gasteiger partial charge in [0, 0.05) is 50.8 Å². The topological polar surface area (TPSA) is 24.5 Å². The van der Waals surface area contributed by atoms with Crippen molar-refractivity contribution in [2.24, 2.45) is 0 Å². The Kier molecular flexibility index (Phi) is 7.86. The molecule has 0 unspecified atom stereocenters. The van der Waals surface area contributed by atoms with Gasteiger partial charge in [-0.2, -0.15) is 11.8 Å². The van der Waals surface area contributed by atoms with E-state index < -0.39 is 0 Å². The fourth-order valence-electron chi connectivity index (χ4n) is 1.82. The minimum atomic E-state index is -0.154. The fraction of sp³-hybridized carbons (Fsp3) is 0.571. The smallest absolute Gasteiger partial charge is 0.129 e. The number of hydrogen-bond acceptors (Lipinski definition) is 4. The van der Waals surface area contributed by atoms with E-state index in [1.165, 1.54) is 6.07 Å². The SMILES string of the molecule is COCCNCc1c(F)cccc1N(C)CCSC. The molecule has 19 heavy (non-hydrogen) atoms. The molecule has 5 heteroatoms. The summed E-state index contributed by atoms with van der Waals surface area (Å²) < 4.78 is 18.9. The lowest BCUT2D eigenvalue weighted by Gasteiger charge is -2.22. The van der Waals surface area contributed by atoms with E-state index in [0.29, 0.717) is 13.2 Å². The lowest BCUT2D eigenvalue weighted by atomic mass is 10.1. The third-order valence-corrected chi connectivity index (χ3v) is 3.51. The zero-order valence-electron chi connectivity index (χ0n) is 11.9. The third-order valence-electron chi connectivity index (χ3n) is 2.92. The molecule has 0 spiro atoms. The normalized spacial score (nSPS) is 10.7. The highest BCUT2D eigenvalue weighted by Crippen LogP contribution is 2.22. The number of ether oxygens (including phenoxy) is 1. The van der Waals surface area contributed by atoms with Gasteiger partial charge in [-0.1, -0.05) is 6.07 Å². The highest BCUT2D eigenvalue weighted by atomic mass is 32.2. The molecule has 3 nitrogen and oxygen atoms in total. The number of thioether (sulfide) groups is 1. The molecule has 1 N–H and O–H groups in total. The Morgan fingerprint density at radius 2 is 2.21 bits per heavy atom. The average molecular weight is 286 g/mol. The van der Waals surface area contributed by atoms with Crippen molar-refractivity contribution in [1.29, 1.82) is 0 Å². The number of halogens is 1. The van der Waals surface area contributed by atoms with E-state index in [4.69, 9.17) is 4.74 Å². The van der Waals surface area contributed by atoms with Crippen molar-refractivity contribution < 1.29 is 9.13 Å². The molecule has 0 radical (unpaired) electrons. The van der Waals surface area contributed by atoms with Crippen LogP contribution in [0, 0.1) is 5.82 Å². The van der Waals surface area contributed by atoms with Crippen molar-refractivity contribution in [3.63, 3.8) is 0 Å². The van der Waals surface area contributed by atoms with Crippen LogP contribution in [0.25, 0.3) is 0 Å². The van der Waals surface area contributed by atoms with Crippen molar-refractivity contribution in [1.82, 2.24) is 5.32 Å². The number of nitrogens with one attached hydrogen (secondary N) is 1. The van der Waals surface area contributed by atoms with Crippen molar-refractivity contribution in [3.05, 3.63) is 29.6 Å². The maximum absolute atomic E-state index is 13.9. The molecule has 0 fully saturated rings. The summed E-state index contributed by atoms with van der Waals surface area (Å²) in [6.07, 6.45) is 2.08. The molecule has 0 heterocycles. The summed E-state index contributed by atoms with van der Waals surface area (Å²) in [4.78, 5) is 2.10. The second-order valence-corrected chi connectivity index (χ2v) is 5.31. The van der Waals surface area contributed by atoms with Crippen LogP contribution < -0.4 is 10.2 Å². The molecular formula is C14H23FN2OS. The predicted molar refractivity (Wildman–Crippen MR) is 81.6 cm³/mol. The lowest BCUT2D eigenvalue weighted by molar-refractivity contribution is 0.199. The van der Waals surface area contributed by atoms with Gasteiger partial charge < -0.3 is 15.0 Å². The minimum absolute atomic E-state index is 0.154. The van der Waals surface area contributed by atoms with Gasteiger partial charge in [0.05, 0.1) is 6.61 Å². The Bertz CT molecular complexity index is 376. The van der Waals surface area contributed by atoms with E-state index in [-0.39, 0.29) is 5.82 Å².